The first kappa shape index (κ1) is 18.2. The fraction of sp³-hybridized carbons (Fsp3) is 0.846. The maximum Gasteiger partial charge on any atom is 0.239 e. The topological polar surface area (TPSA) is 84.2 Å². The molecule has 0 bridgehead atoms. The summed E-state index contributed by atoms with van der Waals surface area (Å²) >= 11 is 0. The van der Waals surface area contributed by atoms with Crippen molar-refractivity contribution in [2.75, 3.05) is 13.1 Å². The minimum absolute atomic E-state index is 0. The quantitative estimate of drug-likeness (QED) is 0.677. The summed E-state index contributed by atoms with van der Waals surface area (Å²) in [7, 11) is 0. The molecule has 6 heteroatoms. The van der Waals surface area contributed by atoms with Crippen LogP contribution in [0.25, 0.3) is 0 Å². The van der Waals surface area contributed by atoms with Crippen molar-refractivity contribution in [1.29, 1.82) is 0 Å². The van der Waals surface area contributed by atoms with Crippen molar-refractivity contribution >= 4 is 24.2 Å². The Bertz CT molecular complexity index is 312. The van der Waals surface area contributed by atoms with Gasteiger partial charge in [-0.05, 0) is 24.2 Å². The largest absolute Gasteiger partial charge is 0.353 e. The van der Waals surface area contributed by atoms with Crippen molar-refractivity contribution < 1.29 is 9.59 Å². The fourth-order valence-electron chi connectivity index (χ4n) is 1.71. The maximum absolute atomic E-state index is 11.5. The van der Waals surface area contributed by atoms with Crippen LogP contribution < -0.4 is 16.4 Å². The van der Waals surface area contributed by atoms with Crippen LogP contribution in [-0.4, -0.2) is 30.9 Å². The Morgan fingerprint density at radius 1 is 1.21 bits per heavy atom. The van der Waals surface area contributed by atoms with Crippen molar-refractivity contribution in [3.05, 3.63) is 0 Å². The van der Waals surface area contributed by atoms with Crippen LogP contribution in [0.1, 0.15) is 40.0 Å². The highest BCUT2D eigenvalue weighted by Gasteiger charge is 2.28. The molecule has 1 fully saturated rings. The van der Waals surface area contributed by atoms with Gasteiger partial charge in [0.1, 0.15) is 0 Å². The third-order valence-corrected chi connectivity index (χ3v) is 2.90. The molecular formula is C13H26ClN3O2. The van der Waals surface area contributed by atoms with Gasteiger partial charge in [-0.15, -0.1) is 12.4 Å². The molecule has 1 atom stereocenters. The number of hydrogen-bond acceptors (Lipinski definition) is 3. The van der Waals surface area contributed by atoms with Gasteiger partial charge in [-0.2, -0.15) is 0 Å². The lowest BCUT2D eigenvalue weighted by Crippen LogP contribution is -2.43. The Hall–Kier alpha value is -0.810. The molecule has 19 heavy (non-hydrogen) atoms. The van der Waals surface area contributed by atoms with Gasteiger partial charge in [0.05, 0.1) is 6.54 Å². The van der Waals surface area contributed by atoms with E-state index >= 15 is 0 Å². The average molecular weight is 292 g/mol. The zero-order valence-electron chi connectivity index (χ0n) is 12.0. The van der Waals surface area contributed by atoms with Crippen molar-refractivity contribution in [3.8, 4) is 0 Å². The van der Waals surface area contributed by atoms with Crippen molar-refractivity contribution in [2.45, 2.75) is 46.1 Å². The first-order valence-corrected chi connectivity index (χ1v) is 6.57. The minimum Gasteiger partial charge on any atom is -0.353 e. The van der Waals surface area contributed by atoms with Crippen LogP contribution in [0.2, 0.25) is 0 Å². The Labute approximate surface area is 121 Å². The molecule has 1 aliphatic carbocycles. The number of nitrogens with two attached hydrogens (primary N) is 1. The van der Waals surface area contributed by atoms with E-state index in [9.17, 15) is 9.59 Å². The standard InChI is InChI=1S/C13H25N3O2.ClH/c1-13(2,3)6-11(17)16-8-12(18)15-7-10(14)9-4-5-9;/h9-10H,4-8,14H2,1-3H3,(H,15,18)(H,16,17);1H. The molecule has 0 radical (unpaired) electrons. The number of hydrogen-bond donors (Lipinski definition) is 3. The van der Waals surface area contributed by atoms with E-state index in [-0.39, 0.29) is 42.2 Å². The summed E-state index contributed by atoms with van der Waals surface area (Å²) in [6.07, 6.45) is 2.75. The Morgan fingerprint density at radius 2 is 1.79 bits per heavy atom. The first-order valence-electron chi connectivity index (χ1n) is 6.57. The second kappa shape index (κ2) is 7.70. The highest BCUT2D eigenvalue weighted by molar-refractivity contribution is 5.85. The Morgan fingerprint density at radius 3 is 2.26 bits per heavy atom. The molecular weight excluding hydrogens is 266 g/mol. The van der Waals surface area contributed by atoms with Gasteiger partial charge in [-0.1, -0.05) is 20.8 Å². The van der Waals surface area contributed by atoms with Gasteiger partial charge in [0.2, 0.25) is 11.8 Å². The first-order chi connectivity index (χ1) is 8.28. The van der Waals surface area contributed by atoms with E-state index in [0.717, 1.165) is 0 Å². The summed E-state index contributed by atoms with van der Waals surface area (Å²) in [4.78, 5) is 23.0. The van der Waals surface area contributed by atoms with E-state index in [0.29, 0.717) is 18.9 Å². The van der Waals surface area contributed by atoms with Gasteiger partial charge in [0.25, 0.3) is 0 Å². The fourth-order valence-corrected chi connectivity index (χ4v) is 1.71. The molecule has 0 saturated heterocycles. The summed E-state index contributed by atoms with van der Waals surface area (Å²) in [5.41, 5.74) is 5.80. The molecule has 0 aliphatic heterocycles. The number of carbonyl (C=O) groups excluding carboxylic acids is 2. The van der Waals surface area contributed by atoms with E-state index in [1.165, 1.54) is 12.8 Å². The highest BCUT2D eigenvalue weighted by Crippen LogP contribution is 2.31. The second-order valence-electron chi connectivity index (χ2n) is 6.32. The highest BCUT2D eigenvalue weighted by atomic mass is 35.5. The predicted octanol–water partition coefficient (Wildman–Crippen LogP) is 0.814. The Kier molecular flexibility index (Phi) is 7.37. The summed E-state index contributed by atoms with van der Waals surface area (Å²) in [5.74, 6) is 0.304. The van der Waals surface area contributed by atoms with Crippen LogP contribution in [0.5, 0.6) is 0 Å². The smallest absolute Gasteiger partial charge is 0.239 e. The van der Waals surface area contributed by atoms with E-state index in [1.807, 2.05) is 20.8 Å². The lowest BCUT2D eigenvalue weighted by atomic mass is 9.92. The van der Waals surface area contributed by atoms with E-state index < -0.39 is 0 Å². The van der Waals surface area contributed by atoms with Gasteiger partial charge in [0.15, 0.2) is 0 Å². The molecule has 2 amide bonds. The molecule has 0 aromatic heterocycles. The average Bonchev–Trinajstić information content (AvgIpc) is 3.04. The summed E-state index contributed by atoms with van der Waals surface area (Å²) in [6.45, 7) is 6.49. The third kappa shape index (κ3) is 8.83. The van der Waals surface area contributed by atoms with Crippen LogP contribution in [0, 0.1) is 11.3 Å². The van der Waals surface area contributed by atoms with Crippen molar-refractivity contribution in [2.24, 2.45) is 17.1 Å². The number of halogens is 1. The van der Waals surface area contributed by atoms with Crippen molar-refractivity contribution in [1.82, 2.24) is 10.6 Å². The van der Waals surface area contributed by atoms with E-state index in [2.05, 4.69) is 10.6 Å². The monoisotopic (exact) mass is 291 g/mol. The van der Waals surface area contributed by atoms with Gasteiger partial charge in [-0.3, -0.25) is 9.59 Å². The summed E-state index contributed by atoms with van der Waals surface area (Å²) in [5, 5.41) is 5.36. The molecule has 0 spiro atoms. The normalized spacial score (nSPS) is 16.2. The Balaban J connectivity index is 0.00000324. The van der Waals surface area contributed by atoms with Crippen LogP contribution in [-0.2, 0) is 9.59 Å². The molecule has 0 aromatic rings. The third-order valence-electron chi connectivity index (χ3n) is 2.90. The number of rotatable bonds is 6. The molecule has 112 valence electrons. The van der Waals surface area contributed by atoms with Gasteiger partial charge >= 0.3 is 0 Å². The zero-order chi connectivity index (χ0) is 13.8. The zero-order valence-corrected chi connectivity index (χ0v) is 12.8. The van der Waals surface area contributed by atoms with Crippen molar-refractivity contribution in [3.63, 3.8) is 0 Å². The minimum atomic E-state index is -0.173. The molecule has 1 unspecified atom stereocenters. The van der Waals surface area contributed by atoms with Crippen LogP contribution in [0.3, 0.4) is 0 Å². The summed E-state index contributed by atoms with van der Waals surface area (Å²) in [6, 6.07) is 0.0548. The summed E-state index contributed by atoms with van der Waals surface area (Å²) < 4.78 is 0. The van der Waals surface area contributed by atoms with Crippen LogP contribution in [0.4, 0.5) is 0 Å². The second-order valence-corrected chi connectivity index (χ2v) is 6.32. The SMILES string of the molecule is CC(C)(C)CC(=O)NCC(=O)NCC(N)C1CC1.Cl. The van der Waals surface area contributed by atoms with E-state index in [1.54, 1.807) is 0 Å². The molecule has 1 saturated carbocycles. The molecule has 4 N–H and O–H groups in total. The van der Waals surface area contributed by atoms with Crippen LogP contribution in [0.15, 0.2) is 0 Å². The lowest BCUT2D eigenvalue weighted by Gasteiger charge is -2.17. The molecule has 5 nitrogen and oxygen atoms in total. The number of nitrogens with one attached hydrogen (secondary N) is 2. The number of amides is 2. The number of carbonyl (C=O) groups is 2. The molecule has 1 rings (SSSR count). The molecule has 0 aromatic carbocycles. The van der Waals surface area contributed by atoms with Gasteiger partial charge in [0, 0.05) is 19.0 Å². The molecule has 1 aliphatic rings. The predicted molar refractivity (Wildman–Crippen MR) is 78.0 cm³/mol. The van der Waals surface area contributed by atoms with E-state index in [4.69, 9.17) is 5.73 Å². The van der Waals surface area contributed by atoms with Gasteiger partial charge < -0.3 is 16.4 Å². The van der Waals surface area contributed by atoms with Crippen LogP contribution >= 0.6 is 12.4 Å². The molecule has 0 heterocycles. The van der Waals surface area contributed by atoms with Gasteiger partial charge in [-0.25, -0.2) is 0 Å². The lowest BCUT2D eigenvalue weighted by molar-refractivity contribution is -0.127. The maximum atomic E-state index is 11.5.